The van der Waals surface area contributed by atoms with Gasteiger partial charge in [-0.3, -0.25) is 0 Å². The number of nitrogen functional groups attached to an aromatic ring is 1. The summed E-state index contributed by atoms with van der Waals surface area (Å²) < 4.78 is 10.4. The molecule has 0 amide bonds. The van der Waals surface area contributed by atoms with Crippen LogP contribution in [0.5, 0.6) is 5.75 Å². The molecule has 4 heteroatoms. The molecule has 16 heavy (non-hydrogen) atoms. The molecule has 88 valence electrons. The van der Waals surface area contributed by atoms with E-state index in [1.165, 1.54) is 0 Å². The number of hydrogen-bond donors (Lipinski definition) is 1. The lowest BCUT2D eigenvalue weighted by Gasteiger charge is -2.12. The van der Waals surface area contributed by atoms with Gasteiger partial charge in [-0.25, -0.2) is 4.79 Å². The second-order valence-electron chi connectivity index (χ2n) is 3.29. The summed E-state index contributed by atoms with van der Waals surface area (Å²) in [6.07, 6.45) is 0.858. The molecule has 0 spiro atoms. The molecule has 0 bridgehead atoms. The van der Waals surface area contributed by atoms with E-state index in [4.69, 9.17) is 15.2 Å². The summed E-state index contributed by atoms with van der Waals surface area (Å²) in [4.78, 5) is 11.6. The van der Waals surface area contributed by atoms with E-state index in [9.17, 15) is 4.79 Å². The first-order valence-electron chi connectivity index (χ1n) is 5.39. The van der Waals surface area contributed by atoms with E-state index in [-0.39, 0.29) is 0 Å². The Bertz CT molecular complexity index is 363. The van der Waals surface area contributed by atoms with Crippen molar-refractivity contribution in [1.82, 2.24) is 0 Å². The van der Waals surface area contributed by atoms with Crippen LogP contribution < -0.4 is 10.5 Å². The van der Waals surface area contributed by atoms with E-state index in [0.717, 1.165) is 6.42 Å². The maximum Gasteiger partial charge on any atom is 0.341 e. The topological polar surface area (TPSA) is 61.5 Å². The second kappa shape index (κ2) is 6.00. The SMILES string of the molecule is CCCOc1c(N)cccc1C(=O)OCC. The Morgan fingerprint density at radius 1 is 1.38 bits per heavy atom. The summed E-state index contributed by atoms with van der Waals surface area (Å²) in [5.74, 6) is 0.0173. The van der Waals surface area contributed by atoms with E-state index >= 15 is 0 Å². The molecular formula is C12H17NO3. The van der Waals surface area contributed by atoms with Gasteiger partial charge in [0.15, 0.2) is 5.75 Å². The van der Waals surface area contributed by atoms with Crippen molar-refractivity contribution in [2.75, 3.05) is 18.9 Å². The van der Waals surface area contributed by atoms with Crippen LogP contribution in [0.1, 0.15) is 30.6 Å². The van der Waals surface area contributed by atoms with Crippen molar-refractivity contribution in [2.45, 2.75) is 20.3 Å². The van der Waals surface area contributed by atoms with Gasteiger partial charge in [-0.2, -0.15) is 0 Å². The molecule has 0 fully saturated rings. The third kappa shape index (κ3) is 2.89. The number of nitrogens with two attached hydrogens (primary N) is 1. The predicted molar refractivity (Wildman–Crippen MR) is 62.6 cm³/mol. The van der Waals surface area contributed by atoms with Crippen LogP contribution in [0, 0.1) is 0 Å². The lowest BCUT2D eigenvalue weighted by Crippen LogP contribution is -2.09. The molecule has 0 atom stereocenters. The van der Waals surface area contributed by atoms with Crippen molar-refractivity contribution in [3.8, 4) is 5.75 Å². The highest BCUT2D eigenvalue weighted by Gasteiger charge is 2.15. The number of hydrogen-bond acceptors (Lipinski definition) is 4. The van der Waals surface area contributed by atoms with Gasteiger partial charge in [-0.05, 0) is 25.5 Å². The van der Waals surface area contributed by atoms with Gasteiger partial charge in [-0.15, -0.1) is 0 Å². The average molecular weight is 223 g/mol. The number of esters is 1. The van der Waals surface area contributed by atoms with Crippen molar-refractivity contribution in [2.24, 2.45) is 0 Å². The first-order valence-corrected chi connectivity index (χ1v) is 5.39. The third-order valence-electron chi connectivity index (χ3n) is 1.99. The average Bonchev–Trinajstić information content (AvgIpc) is 2.27. The molecule has 0 aliphatic rings. The Labute approximate surface area is 95.3 Å². The molecule has 0 radical (unpaired) electrons. The van der Waals surface area contributed by atoms with Gasteiger partial charge in [0.25, 0.3) is 0 Å². The number of carbonyl (C=O) groups excluding carboxylic acids is 1. The first-order chi connectivity index (χ1) is 7.70. The van der Waals surface area contributed by atoms with E-state index < -0.39 is 5.97 Å². The summed E-state index contributed by atoms with van der Waals surface area (Å²) in [6.45, 7) is 4.61. The summed E-state index contributed by atoms with van der Waals surface area (Å²) >= 11 is 0. The minimum Gasteiger partial charge on any atom is -0.491 e. The molecule has 0 aliphatic heterocycles. The molecule has 1 aromatic rings. The van der Waals surface area contributed by atoms with Crippen LogP contribution in [0.3, 0.4) is 0 Å². The molecule has 0 saturated carbocycles. The molecule has 4 nitrogen and oxygen atoms in total. The number of para-hydroxylation sites is 1. The number of rotatable bonds is 5. The highest BCUT2D eigenvalue weighted by Crippen LogP contribution is 2.27. The number of carbonyl (C=O) groups is 1. The summed E-state index contributed by atoms with van der Waals surface area (Å²) in [7, 11) is 0. The largest absolute Gasteiger partial charge is 0.491 e. The molecule has 1 rings (SSSR count). The van der Waals surface area contributed by atoms with Crippen LogP contribution in [-0.4, -0.2) is 19.2 Å². The Morgan fingerprint density at radius 2 is 2.12 bits per heavy atom. The zero-order valence-corrected chi connectivity index (χ0v) is 9.66. The zero-order valence-electron chi connectivity index (χ0n) is 9.66. The monoisotopic (exact) mass is 223 g/mol. The molecule has 0 saturated heterocycles. The minimum atomic E-state index is -0.402. The fraction of sp³-hybridized carbons (Fsp3) is 0.417. The normalized spacial score (nSPS) is 9.88. The maximum absolute atomic E-state index is 11.6. The van der Waals surface area contributed by atoms with E-state index in [1.807, 2.05) is 6.92 Å². The van der Waals surface area contributed by atoms with Crippen LogP contribution in [0.15, 0.2) is 18.2 Å². The quantitative estimate of drug-likeness (QED) is 0.614. The van der Waals surface area contributed by atoms with Gasteiger partial charge < -0.3 is 15.2 Å². The van der Waals surface area contributed by atoms with Gasteiger partial charge in [0.05, 0.1) is 18.9 Å². The Morgan fingerprint density at radius 3 is 2.75 bits per heavy atom. The number of benzene rings is 1. The minimum absolute atomic E-state index is 0.334. The van der Waals surface area contributed by atoms with Crippen molar-refractivity contribution >= 4 is 11.7 Å². The molecule has 2 N–H and O–H groups in total. The second-order valence-corrected chi connectivity index (χ2v) is 3.29. The lowest BCUT2D eigenvalue weighted by molar-refractivity contribution is 0.0522. The van der Waals surface area contributed by atoms with Crippen LogP contribution >= 0.6 is 0 Å². The Hall–Kier alpha value is -1.71. The number of ether oxygens (including phenoxy) is 2. The van der Waals surface area contributed by atoms with E-state index in [1.54, 1.807) is 25.1 Å². The third-order valence-corrected chi connectivity index (χ3v) is 1.99. The van der Waals surface area contributed by atoms with Crippen LogP contribution in [0.4, 0.5) is 5.69 Å². The van der Waals surface area contributed by atoms with Gasteiger partial charge in [0, 0.05) is 0 Å². The summed E-state index contributed by atoms with van der Waals surface area (Å²) in [5.41, 5.74) is 6.61. The standard InChI is InChI=1S/C12H17NO3/c1-3-8-16-11-9(12(14)15-4-2)6-5-7-10(11)13/h5-7H,3-4,8,13H2,1-2H3. The van der Waals surface area contributed by atoms with Gasteiger partial charge in [0.2, 0.25) is 0 Å². The summed E-state index contributed by atoms with van der Waals surface area (Å²) in [6, 6.07) is 5.06. The highest BCUT2D eigenvalue weighted by molar-refractivity contribution is 5.94. The highest BCUT2D eigenvalue weighted by atomic mass is 16.5. The lowest BCUT2D eigenvalue weighted by atomic mass is 10.1. The zero-order chi connectivity index (χ0) is 12.0. The molecule has 0 unspecified atom stereocenters. The fourth-order valence-electron chi connectivity index (χ4n) is 1.29. The van der Waals surface area contributed by atoms with Crippen molar-refractivity contribution in [3.05, 3.63) is 23.8 Å². The van der Waals surface area contributed by atoms with Gasteiger partial charge >= 0.3 is 5.97 Å². The Kier molecular flexibility index (Phi) is 4.64. The maximum atomic E-state index is 11.6. The predicted octanol–water partition coefficient (Wildman–Crippen LogP) is 2.23. The van der Waals surface area contributed by atoms with E-state index in [0.29, 0.717) is 30.2 Å². The van der Waals surface area contributed by atoms with Gasteiger partial charge in [0.1, 0.15) is 5.56 Å². The number of anilines is 1. The van der Waals surface area contributed by atoms with Crippen LogP contribution in [-0.2, 0) is 4.74 Å². The Balaban J connectivity index is 2.97. The van der Waals surface area contributed by atoms with Crippen LogP contribution in [0.2, 0.25) is 0 Å². The fourth-order valence-corrected chi connectivity index (χ4v) is 1.29. The smallest absolute Gasteiger partial charge is 0.341 e. The molecule has 0 heterocycles. The van der Waals surface area contributed by atoms with Crippen LogP contribution in [0.25, 0.3) is 0 Å². The summed E-state index contributed by atoms with van der Waals surface area (Å²) in [5, 5.41) is 0. The van der Waals surface area contributed by atoms with Crippen molar-refractivity contribution in [3.63, 3.8) is 0 Å². The van der Waals surface area contributed by atoms with Crippen molar-refractivity contribution in [1.29, 1.82) is 0 Å². The molecular weight excluding hydrogens is 206 g/mol. The van der Waals surface area contributed by atoms with E-state index in [2.05, 4.69) is 0 Å². The van der Waals surface area contributed by atoms with Gasteiger partial charge in [-0.1, -0.05) is 13.0 Å². The molecule has 0 aromatic heterocycles. The first kappa shape index (κ1) is 12.4. The van der Waals surface area contributed by atoms with Crippen molar-refractivity contribution < 1.29 is 14.3 Å². The molecule has 0 aliphatic carbocycles. The molecule has 1 aromatic carbocycles.